The average Bonchev–Trinajstić information content (AvgIpc) is 2.16. The smallest absolute Gasteiger partial charge is 0.0343 e. The van der Waals surface area contributed by atoms with E-state index >= 15 is 0 Å². The van der Waals surface area contributed by atoms with Crippen LogP contribution in [0.4, 0.5) is 0 Å². The molecule has 1 saturated heterocycles. The van der Waals surface area contributed by atoms with Crippen molar-refractivity contribution >= 4 is 0 Å². The van der Waals surface area contributed by atoms with Crippen molar-refractivity contribution in [3.63, 3.8) is 0 Å². The van der Waals surface area contributed by atoms with Gasteiger partial charge in [-0.15, -0.1) is 0 Å². The fourth-order valence-electron chi connectivity index (χ4n) is 1.85. The Morgan fingerprint density at radius 2 is 2.15 bits per heavy atom. The van der Waals surface area contributed by atoms with E-state index in [9.17, 15) is 0 Å². The molecule has 0 bridgehead atoms. The second-order valence-electron chi connectivity index (χ2n) is 4.02. The molecule has 0 spiro atoms. The van der Waals surface area contributed by atoms with Gasteiger partial charge >= 0.3 is 0 Å². The van der Waals surface area contributed by atoms with Crippen LogP contribution in [0.15, 0.2) is 0 Å². The van der Waals surface area contributed by atoms with Gasteiger partial charge in [-0.1, -0.05) is 13.3 Å². The molecule has 0 radical (unpaired) electrons. The van der Waals surface area contributed by atoms with Gasteiger partial charge in [-0.25, -0.2) is 0 Å². The maximum atomic E-state index is 5.72. The number of unbranched alkanes of at least 4 members (excludes halogenated alkanes) is 1. The van der Waals surface area contributed by atoms with Crippen molar-refractivity contribution in [1.82, 2.24) is 9.80 Å². The maximum Gasteiger partial charge on any atom is 0.0343 e. The molecule has 0 saturated carbocycles. The van der Waals surface area contributed by atoms with Gasteiger partial charge in [-0.2, -0.15) is 0 Å². The van der Waals surface area contributed by atoms with E-state index in [0.717, 1.165) is 13.1 Å². The third-order valence-electron chi connectivity index (χ3n) is 2.96. The van der Waals surface area contributed by atoms with E-state index in [1.165, 1.54) is 32.5 Å². The third-order valence-corrected chi connectivity index (χ3v) is 2.96. The summed E-state index contributed by atoms with van der Waals surface area (Å²) in [6, 6.07) is 0.575. The summed E-state index contributed by atoms with van der Waals surface area (Å²) >= 11 is 0. The first kappa shape index (κ1) is 11.0. The van der Waals surface area contributed by atoms with E-state index in [0.29, 0.717) is 6.04 Å². The zero-order chi connectivity index (χ0) is 9.68. The van der Waals surface area contributed by atoms with Gasteiger partial charge in [-0.05, 0) is 20.0 Å². The minimum Gasteiger partial charge on any atom is -0.329 e. The zero-order valence-electron chi connectivity index (χ0n) is 9.00. The van der Waals surface area contributed by atoms with Crippen molar-refractivity contribution in [2.45, 2.75) is 25.8 Å². The zero-order valence-corrected chi connectivity index (χ0v) is 9.00. The summed E-state index contributed by atoms with van der Waals surface area (Å²) in [5.74, 6) is 0. The molecule has 1 aliphatic heterocycles. The molecule has 0 aromatic carbocycles. The highest BCUT2D eigenvalue weighted by Gasteiger charge is 2.22. The number of rotatable bonds is 4. The van der Waals surface area contributed by atoms with E-state index < -0.39 is 0 Å². The SMILES string of the molecule is CCCCN1CCN(C)C(CN)C1. The molecule has 1 rings (SSSR count). The summed E-state index contributed by atoms with van der Waals surface area (Å²) in [6.45, 7) is 7.84. The summed E-state index contributed by atoms with van der Waals surface area (Å²) in [7, 11) is 2.18. The minimum absolute atomic E-state index is 0.575. The van der Waals surface area contributed by atoms with Crippen LogP contribution in [0.3, 0.4) is 0 Å². The third kappa shape index (κ3) is 3.25. The fraction of sp³-hybridized carbons (Fsp3) is 1.00. The second kappa shape index (κ2) is 5.58. The van der Waals surface area contributed by atoms with Crippen molar-refractivity contribution in [3.8, 4) is 0 Å². The summed E-state index contributed by atoms with van der Waals surface area (Å²) in [5, 5.41) is 0. The van der Waals surface area contributed by atoms with Crippen molar-refractivity contribution in [1.29, 1.82) is 0 Å². The molecule has 1 unspecified atom stereocenters. The lowest BCUT2D eigenvalue weighted by Crippen LogP contribution is -2.54. The lowest BCUT2D eigenvalue weighted by molar-refractivity contribution is 0.0987. The summed E-state index contributed by atoms with van der Waals surface area (Å²) in [6.07, 6.45) is 2.61. The molecule has 3 nitrogen and oxygen atoms in total. The summed E-state index contributed by atoms with van der Waals surface area (Å²) < 4.78 is 0. The molecule has 1 atom stereocenters. The Hall–Kier alpha value is -0.120. The first-order chi connectivity index (χ1) is 6.27. The van der Waals surface area contributed by atoms with Gasteiger partial charge in [-0.3, -0.25) is 4.90 Å². The first-order valence-electron chi connectivity index (χ1n) is 5.40. The number of hydrogen-bond acceptors (Lipinski definition) is 3. The van der Waals surface area contributed by atoms with Crippen molar-refractivity contribution in [2.75, 3.05) is 39.8 Å². The van der Waals surface area contributed by atoms with Gasteiger partial charge in [0.05, 0.1) is 0 Å². The number of nitrogens with two attached hydrogens (primary N) is 1. The predicted molar refractivity (Wildman–Crippen MR) is 56.8 cm³/mol. The van der Waals surface area contributed by atoms with Crippen LogP contribution in [0.25, 0.3) is 0 Å². The molecule has 2 N–H and O–H groups in total. The van der Waals surface area contributed by atoms with Crippen molar-refractivity contribution in [2.24, 2.45) is 5.73 Å². The Bertz CT molecular complexity index is 136. The van der Waals surface area contributed by atoms with Crippen LogP contribution in [0.2, 0.25) is 0 Å². The molecule has 0 amide bonds. The Morgan fingerprint density at radius 1 is 1.38 bits per heavy atom. The van der Waals surface area contributed by atoms with Crippen LogP contribution < -0.4 is 5.73 Å². The highest BCUT2D eigenvalue weighted by atomic mass is 15.3. The Balaban J connectivity index is 2.27. The van der Waals surface area contributed by atoms with Crippen LogP contribution in [0, 0.1) is 0 Å². The minimum atomic E-state index is 0.575. The predicted octanol–water partition coefficient (Wildman–Crippen LogP) is 0.361. The number of hydrogen-bond donors (Lipinski definition) is 1. The van der Waals surface area contributed by atoms with E-state index in [1.54, 1.807) is 0 Å². The first-order valence-corrected chi connectivity index (χ1v) is 5.40. The molecule has 0 aromatic rings. The quantitative estimate of drug-likeness (QED) is 0.686. The monoisotopic (exact) mass is 185 g/mol. The van der Waals surface area contributed by atoms with Gasteiger partial charge in [0.2, 0.25) is 0 Å². The molecule has 1 heterocycles. The van der Waals surface area contributed by atoms with Crippen LogP contribution in [-0.2, 0) is 0 Å². The summed E-state index contributed by atoms with van der Waals surface area (Å²) in [5.41, 5.74) is 5.72. The van der Waals surface area contributed by atoms with Crippen LogP contribution in [0.1, 0.15) is 19.8 Å². The highest BCUT2D eigenvalue weighted by molar-refractivity contribution is 4.80. The van der Waals surface area contributed by atoms with E-state index in [1.807, 2.05) is 0 Å². The van der Waals surface area contributed by atoms with Gasteiger partial charge in [0.15, 0.2) is 0 Å². The molecule has 0 aromatic heterocycles. The van der Waals surface area contributed by atoms with Crippen molar-refractivity contribution in [3.05, 3.63) is 0 Å². The molecule has 78 valence electrons. The molecule has 3 heteroatoms. The van der Waals surface area contributed by atoms with Gasteiger partial charge in [0, 0.05) is 32.2 Å². The fourth-order valence-corrected chi connectivity index (χ4v) is 1.85. The van der Waals surface area contributed by atoms with Crippen molar-refractivity contribution < 1.29 is 0 Å². The second-order valence-corrected chi connectivity index (χ2v) is 4.02. The standard InChI is InChI=1S/C10H23N3/c1-3-4-5-13-7-6-12(2)10(8-11)9-13/h10H,3-9,11H2,1-2H3. The Labute approximate surface area is 81.9 Å². The number of nitrogens with zero attached hydrogens (tertiary/aromatic N) is 2. The Kier molecular flexibility index (Phi) is 4.70. The van der Waals surface area contributed by atoms with E-state index in [2.05, 4.69) is 23.8 Å². The van der Waals surface area contributed by atoms with Gasteiger partial charge in [0.25, 0.3) is 0 Å². The van der Waals surface area contributed by atoms with E-state index in [-0.39, 0.29) is 0 Å². The number of likely N-dealkylation sites (N-methyl/N-ethyl adjacent to an activating group) is 1. The topological polar surface area (TPSA) is 32.5 Å². The molecular formula is C10H23N3. The highest BCUT2D eigenvalue weighted by Crippen LogP contribution is 2.07. The van der Waals surface area contributed by atoms with Gasteiger partial charge in [0.1, 0.15) is 0 Å². The van der Waals surface area contributed by atoms with Crippen LogP contribution in [0.5, 0.6) is 0 Å². The lowest BCUT2D eigenvalue weighted by Gasteiger charge is -2.38. The normalized spacial score (nSPS) is 26.5. The van der Waals surface area contributed by atoms with Crippen LogP contribution >= 0.6 is 0 Å². The van der Waals surface area contributed by atoms with E-state index in [4.69, 9.17) is 5.73 Å². The maximum absolute atomic E-state index is 5.72. The van der Waals surface area contributed by atoms with Gasteiger partial charge < -0.3 is 10.6 Å². The lowest BCUT2D eigenvalue weighted by atomic mass is 10.1. The number of piperazine rings is 1. The summed E-state index contributed by atoms with van der Waals surface area (Å²) in [4.78, 5) is 4.92. The molecule has 13 heavy (non-hydrogen) atoms. The molecular weight excluding hydrogens is 162 g/mol. The molecule has 0 aliphatic carbocycles. The largest absolute Gasteiger partial charge is 0.329 e. The van der Waals surface area contributed by atoms with Crippen LogP contribution in [-0.4, -0.2) is 55.6 Å². The Morgan fingerprint density at radius 3 is 2.77 bits per heavy atom. The molecule has 1 aliphatic rings. The molecule has 1 fully saturated rings. The average molecular weight is 185 g/mol.